The number of amides is 1. The molecule has 34 heavy (non-hydrogen) atoms. The van der Waals surface area contributed by atoms with Crippen molar-refractivity contribution in [3.8, 4) is 17.2 Å². The number of methoxy groups -OCH3 is 2. The van der Waals surface area contributed by atoms with Gasteiger partial charge in [-0.05, 0) is 60.7 Å². The molecule has 1 amide bonds. The predicted octanol–water partition coefficient (Wildman–Crippen LogP) is 5.81. The van der Waals surface area contributed by atoms with Gasteiger partial charge in [-0.25, -0.2) is 0 Å². The Hall–Kier alpha value is -2.90. The second-order valence-corrected chi connectivity index (χ2v) is 8.87. The molecule has 4 rings (SSSR count). The van der Waals surface area contributed by atoms with Crippen molar-refractivity contribution in [1.29, 1.82) is 0 Å². The molecule has 184 valence electrons. The van der Waals surface area contributed by atoms with E-state index in [2.05, 4.69) is 0 Å². The predicted molar refractivity (Wildman–Crippen MR) is 121 cm³/mol. The highest BCUT2D eigenvalue weighted by atomic mass is 19.4. The van der Waals surface area contributed by atoms with Crippen LogP contribution in [0.15, 0.2) is 36.4 Å². The quantitative estimate of drug-likeness (QED) is 0.527. The maximum atomic E-state index is 13.5. The number of carbonyl (C=O) groups excluding carboxylic acids is 1. The third-order valence-electron chi connectivity index (χ3n) is 6.81. The highest BCUT2D eigenvalue weighted by Gasteiger charge is 2.36. The molecule has 8 heteroatoms. The van der Waals surface area contributed by atoms with E-state index in [1.807, 2.05) is 17.0 Å². The number of rotatable bonds is 6. The third kappa shape index (κ3) is 5.10. The van der Waals surface area contributed by atoms with Crippen LogP contribution in [0.5, 0.6) is 17.2 Å². The fourth-order valence-electron chi connectivity index (χ4n) is 4.99. The zero-order chi connectivity index (χ0) is 24.3. The largest absolute Gasteiger partial charge is 0.493 e. The molecule has 1 fully saturated rings. The van der Waals surface area contributed by atoms with Gasteiger partial charge < -0.3 is 19.1 Å². The standard InChI is InChI=1S/C26H30F3NO4/c1-32-23-13-18-11-12-30(25(31)17-7-4-3-5-8-17)22(21(18)15-24(23)33-2)16-34-20-10-6-9-19(14-20)26(27,28)29/h6,9-10,13-15,17,22H,3-5,7-8,11-12,16H2,1-2H3. The molecular formula is C26H30F3NO4. The van der Waals surface area contributed by atoms with E-state index in [4.69, 9.17) is 14.2 Å². The van der Waals surface area contributed by atoms with Crippen LogP contribution < -0.4 is 14.2 Å². The lowest BCUT2D eigenvalue weighted by Gasteiger charge is -2.40. The number of fused-ring (bicyclic) bond motifs is 1. The number of nitrogens with zero attached hydrogens (tertiary/aromatic N) is 1. The Labute approximate surface area is 197 Å². The molecule has 0 N–H and O–H groups in total. The number of carbonyl (C=O) groups is 1. The van der Waals surface area contributed by atoms with Gasteiger partial charge in [-0.15, -0.1) is 0 Å². The van der Waals surface area contributed by atoms with Gasteiger partial charge in [0.2, 0.25) is 5.91 Å². The molecule has 1 heterocycles. The average molecular weight is 478 g/mol. The molecule has 0 aromatic heterocycles. The Balaban J connectivity index is 1.65. The summed E-state index contributed by atoms with van der Waals surface area (Å²) < 4.78 is 56.3. The minimum atomic E-state index is -4.45. The number of halogens is 3. The number of hydrogen-bond donors (Lipinski definition) is 0. The van der Waals surface area contributed by atoms with Crippen LogP contribution in [0.4, 0.5) is 13.2 Å². The van der Waals surface area contributed by atoms with Gasteiger partial charge in [-0.1, -0.05) is 25.3 Å². The van der Waals surface area contributed by atoms with E-state index in [9.17, 15) is 18.0 Å². The first-order valence-electron chi connectivity index (χ1n) is 11.7. The summed E-state index contributed by atoms with van der Waals surface area (Å²) in [7, 11) is 3.12. The van der Waals surface area contributed by atoms with Crippen LogP contribution in [0.25, 0.3) is 0 Å². The van der Waals surface area contributed by atoms with Crippen molar-refractivity contribution in [3.63, 3.8) is 0 Å². The van der Waals surface area contributed by atoms with Gasteiger partial charge in [-0.3, -0.25) is 4.79 Å². The SMILES string of the molecule is COc1cc2c(cc1OC)C(COc1cccc(C(F)(F)F)c1)N(C(=O)C1CCCCC1)CC2. The highest BCUT2D eigenvalue weighted by molar-refractivity contribution is 5.80. The first-order valence-corrected chi connectivity index (χ1v) is 11.7. The fraction of sp³-hybridized carbons (Fsp3) is 0.500. The number of ether oxygens (including phenoxy) is 3. The second-order valence-electron chi connectivity index (χ2n) is 8.87. The van der Waals surface area contributed by atoms with Gasteiger partial charge in [0.1, 0.15) is 12.4 Å². The van der Waals surface area contributed by atoms with Gasteiger partial charge in [0.05, 0.1) is 25.8 Å². The molecule has 0 bridgehead atoms. The van der Waals surface area contributed by atoms with E-state index in [1.165, 1.54) is 12.1 Å². The Kier molecular flexibility index (Phi) is 7.24. The summed E-state index contributed by atoms with van der Waals surface area (Å²) in [6, 6.07) is 8.16. The van der Waals surface area contributed by atoms with Crippen molar-refractivity contribution in [1.82, 2.24) is 4.90 Å². The topological polar surface area (TPSA) is 48.0 Å². The van der Waals surface area contributed by atoms with Crippen molar-refractivity contribution in [2.24, 2.45) is 5.92 Å². The van der Waals surface area contributed by atoms with Crippen LogP contribution in [-0.4, -0.2) is 38.2 Å². The molecular weight excluding hydrogens is 447 g/mol. The lowest BCUT2D eigenvalue weighted by Crippen LogP contribution is -2.45. The summed E-state index contributed by atoms with van der Waals surface area (Å²) in [6.07, 6.45) is 1.17. The molecule has 2 aliphatic rings. The summed E-state index contributed by atoms with van der Waals surface area (Å²) in [6.45, 7) is 0.566. The van der Waals surface area contributed by atoms with E-state index in [0.717, 1.165) is 55.4 Å². The Morgan fingerprint density at radius 2 is 1.74 bits per heavy atom. The number of benzene rings is 2. The van der Waals surface area contributed by atoms with Crippen LogP contribution in [0, 0.1) is 5.92 Å². The smallest absolute Gasteiger partial charge is 0.416 e. The van der Waals surface area contributed by atoms with Crippen LogP contribution in [0.1, 0.15) is 54.8 Å². The van der Waals surface area contributed by atoms with Gasteiger partial charge in [0.25, 0.3) is 0 Å². The number of alkyl halides is 3. The molecule has 2 aromatic carbocycles. The van der Waals surface area contributed by atoms with E-state index in [1.54, 1.807) is 14.2 Å². The van der Waals surface area contributed by atoms with Crippen molar-refractivity contribution in [2.45, 2.75) is 50.7 Å². The molecule has 2 aromatic rings. The van der Waals surface area contributed by atoms with Crippen LogP contribution in [0.2, 0.25) is 0 Å². The monoisotopic (exact) mass is 477 g/mol. The summed E-state index contributed by atoms with van der Waals surface area (Å²) in [5, 5.41) is 0. The molecule has 1 aliphatic heterocycles. The molecule has 0 radical (unpaired) electrons. The van der Waals surface area contributed by atoms with Gasteiger partial charge in [0, 0.05) is 12.5 Å². The first kappa shape index (κ1) is 24.2. The Morgan fingerprint density at radius 1 is 1.03 bits per heavy atom. The van der Waals surface area contributed by atoms with Crippen molar-refractivity contribution >= 4 is 5.91 Å². The van der Waals surface area contributed by atoms with Crippen molar-refractivity contribution < 1.29 is 32.2 Å². The molecule has 0 spiro atoms. The molecule has 1 saturated carbocycles. The van der Waals surface area contributed by atoms with Crippen LogP contribution in [0.3, 0.4) is 0 Å². The highest BCUT2D eigenvalue weighted by Crippen LogP contribution is 2.40. The van der Waals surface area contributed by atoms with Crippen molar-refractivity contribution in [2.75, 3.05) is 27.4 Å². The molecule has 1 atom stereocenters. The van der Waals surface area contributed by atoms with Crippen LogP contribution in [-0.2, 0) is 17.4 Å². The Bertz CT molecular complexity index is 1020. The van der Waals surface area contributed by atoms with Gasteiger partial charge in [0.15, 0.2) is 11.5 Å². The zero-order valence-electron chi connectivity index (χ0n) is 19.5. The molecule has 1 unspecified atom stereocenters. The maximum absolute atomic E-state index is 13.5. The van der Waals surface area contributed by atoms with Gasteiger partial charge >= 0.3 is 6.18 Å². The van der Waals surface area contributed by atoms with Gasteiger partial charge in [-0.2, -0.15) is 13.2 Å². The summed E-state index contributed by atoms with van der Waals surface area (Å²) in [5.41, 5.74) is 1.12. The normalized spacial score (nSPS) is 18.9. The van der Waals surface area contributed by atoms with Crippen molar-refractivity contribution in [3.05, 3.63) is 53.1 Å². The number of hydrogen-bond acceptors (Lipinski definition) is 4. The van der Waals surface area contributed by atoms with E-state index in [-0.39, 0.29) is 24.2 Å². The lowest BCUT2D eigenvalue weighted by molar-refractivity contribution is -0.140. The Morgan fingerprint density at radius 3 is 2.41 bits per heavy atom. The fourth-order valence-corrected chi connectivity index (χ4v) is 4.99. The van der Waals surface area contributed by atoms with Crippen LogP contribution >= 0.6 is 0 Å². The maximum Gasteiger partial charge on any atom is 0.416 e. The van der Waals surface area contributed by atoms with E-state index >= 15 is 0 Å². The molecule has 5 nitrogen and oxygen atoms in total. The minimum Gasteiger partial charge on any atom is -0.493 e. The first-order chi connectivity index (χ1) is 16.3. The summed E-state index contributed by atoms with van der Waals surface area (Å²) in [4.78, 5) is 15.4. The summed E-state index contributed by atoms with van der Waals surface area (Å²) in [5.74, 6) is 1.33. The van der Waals surface area contributed by atoms with E-state index < -0.39 is 17.8 Å². The lowest BCUT2D eigenvalue weighted by atomic mass is 9.86. The molecule has 1 aliphatic carbocycles. The minimum absolute atomic E-state index is 0.0218. The van der Waals surface area contributed by atoms with E-state index in [0.29, 0.717) is 24.5 Å². The third-order valence-corrected chi connectivity index (χ3v) is 6.81. The average Bonchev–Trinajstić information content (AvgIpc) is 2.86. The second kappa shape index (κ2) is 10.2. The summed E-state index contributed by atoms with van der Waals surface area (Å²) >= 11 is 0. The molecule has 0 saturated heterocycles. The zero-order valence-corrected chi connectivity index (χ0v) is 19.5.